The van der Waals surface area contributed by atoms with Gasteiger partial charge in [0.2, 0.25) is 5.82 Å². The number of carbonyl (C=O) groups is 1. The first-order valence-corrected chi connectivity index (χ1v) is 8.68. The predicted molar refractivity (Wildman–Crippen MR) is 104 cm³/mol. The molecule has 0 atom stereocenters. The Morgan fingerprint density at radius 2 is 1.82 bits per heavy atom. The van der Waals surface area contributed by atoms with Gasteiger partial charge in [-0.25, -0.2) is 5.43 Å². The standard InChI is InChI=1S/C20H18N6O2/c1-13-12-17(14(2)26(13)16-6-4-3-5-7-16)19(27)23-24-20-22-18(25-28-20)15-8-10-21-11-9-15/h3-12H,1-2H3,(H,23,27)(H,22,24,25). The number of para-hydroxylation sites is 1. The Balaban J connectivity index is 1.49. The number of nitrogens with zero attached hydrogens (tertiary/aromatic N) is 4. The zero-order valence-corrected chi connectivity index (χ0v) is 15.4. The van der Waals surface area contributed by atoms with E-state index in [9.17, 15) is 4.79 Å². The number of anilines is 1. The van der Waals surface area contributed by atoms with Gasteiger partial charge in [0.05, 0.1) is 5.56 Å². The minimum Gasteiger partial charge on any atom is -0.318 e. The first kappa shape index (κ1) is 17.5. The molecule has 4 rings (SSSR count). The third-order valence-electron chi connectivity index (χ3n) is 4.34. The second-order valence-electron chi connectivity index (χ2n) is 6.19. The SMILES string of the molecule is Cc1cc(C(=O)NNc2nc(-c3ccncc3)no2)c(C)n1-c1ccccc1. The van der Waals surface area contributed by atoms with Gasteiger partial charge in [0, 0.05) is 35.0 Å². The molecule has 28 heavy (non-hydrogen) atoms. The molecule has 0 aliphatic heterocycles. The molecule has 8 nitrogen and oxygen atoms in total. The molecule has 0 saturated heterocycles. The molecule has 0 saturated carbocycles. The fourth-order valence-electron chi connectivity index (χ4n) is 3.04. The molecule has 1 amide bonds. The fraction of sp³-hybridized carbons (Fsp3) is 0.100. The molecule has 8 heteroatoms. The van der Waals surface area contributed by atoms with Crippen LogP contribution in [-0.4, -0.2) is 25.6 Å². The van der Waals surface area contributed by atoms with Crippen LogP contribution in [0.1, 0.15) is 21.7 Å². The monoisotopic (exact) mass is 374 g/mol. The quantitative estimate of drug-likeness (QED) is 0.520. The van der Waals surface area contributed by atoms with Crippen molar-refractivity contribution in [2.75, 3.05) is 5.43 Å². The summed E-state index contributed by atoms with van der Waals surface area (Å²) in [7, 11) is 0. The summed E-state index contributed by atoms with van der Waals surface area (Å²) in [5.41, 5.74) is 9.40. The van der Waals surface area contributed by atoms with Crippen molar-refractivity contribution >= 4 is 11.9 Å². The number of amides is 1. The van der Waals surface area contributed by atoms with Crippen molar-refractivity contribution in [1.29, 1.82) is 0 Å². The van der Waals surface area contributed by atoms with E-state index in [1.165, 1.54) is 0 Å². The normalized spacial score (nSPS) is 10.6. The Morgan fingerprint density at radius 3 is 2.57 bits per heavy atom. The average Bonchev–Trinajstić information content (AvgIpc) is 3.32. The summed E-state index contributed by atoms with van der Waals surface area (Å²) in [5, 5.41) is 3.88. The van der Waals surface area contributed by atoms with Crippen molar-refractivity contribution in [1.82, 2.24) is 25.1 Å². The van der Waals surface area contributed by atoms with Crippen LogP contribution in [0.2, 0.25) is 0 Å². The van der Waals surface area contributed by atoms with Crippen LogP contribution in [0, 0.1) is 13.8 Å². The molecule has 0 fully saturated rings. The fourth-order valence-corrected chi connectivity index (χ4v) is 3.04. The highest BCUT2D eigenvalue weighted by Gasteiger charge is 2.17. The molecule has 0 bridgehead atoms. The Hall–Kier alpha value is -3.94. The van der Waals surface area contributed by atoms with E-state index < -0.39 is 0 Å². The lowest BCUT2D eigenvalue weighted by Gasteiger charge is -2.09. The first-order chi connectivity index (χ1) is 13.6. The van der Waals surface area contributed by atoms with Crippen LogP contribution in [0.3, 0.4) is 0 Å². The van der Waals surface area contributed by atoms with Crippen molar-refractivity contribution in [3.8, 4) is 17.1 Å². The number of rotatable bonds is 5. The van der Waals surface area contributed by atoms with Gasteiger partial charge in [-0.15, -0.1) is 0 Å². The van der Waals surface area contributed by atoms with E-state index in [0.29, 0.717) is 11.4 Å². The van der Waals surface area contributed by atoms with E-state index in [1.807, 2.05) is 54.8 Å². The lowest BCUT2D eigenvalue weighted by atomic mass is 10.2. The summed E-state index contributed by atoms with van der Waals surface area (Å²) in [6, 6.07) is 15.4. The lowest BCUT2D eigenvalue weighted by Crippen LogP contribution is -2.29. The highest BCUT2D eigenvalue weighted by atomic mass is 16.5. The maximum Gasteiger partial charge on any atom is 0.340 e. The molecular formula is C20H18N6O2. The minimum atomic E-state index is -0.293. The van der Waals surface area contributed by atoms with Gasteiger partial charge in [-0.3, -0.25) is 15.2 Å². The lowest BCUT2D eigenvalue weighted by molar-refractivity contribution is 0.0960. The van der Waals surface area contributed by atoms with Crippen molar-refractivity contribution in [3.05, 3.63) is 77.9 Å². The molecule has 4 aromatic rings. The van der Waals surface area contributed by atoms with E-state index in [0.717, 1.165) is 22.6 Å². The van der Waals surface area contributed by atoms with Crippen LogP contribution in [0.5, 0.6) is 0 Å². The molecule has 0 aliphatic rings. The minimum absolute atomic E-state index is 0.0945. The zero-order chi connectivity index (χ0) is 19.5. The highest BCUT2D eigenvalue weighted by Crippen LogP contribution is 2.21. The van der Waals surface area contributed by atoms with Crippen LogP contribution in [0.25, 0.3) is 17.1 Å². The van der Waals surface area contributed by atoms with Gasteiger partial charge in [0.1, 0.15) is 0 Å². The van der Waals surface area contributed by atoms with Gasteiger partial charge in [0.25, 0.3) is 5.91 Å². The number of pyridine rings is 1. The molecular weight excluding hydrogens is 356 g/mol. The number of hydrogen-bond donors (Lipinski definition) is 2. The van der Waals surface area contributed by atoms with E-state index in [4.69, 9.17) is 4.52 Å². The van der Waals surface area contributed by atoms with E-state index >= 15 is 0 Å². The Bertz CT molecular complexity index is 1100. The average molecular weight is 374 g/mol. The van der Waals surface area contributed by atoms with Crippen LogP contribution in [0.4, 0.5) is 6.01 Å². The van der Waals surface area contributed by atoms with E-state index in [1.54, 1.807) is 24.5 Å². The topological polar surface area (TPSA) is 97.9 Å². The molecule has 140 valence electrons. The third-order valence-corrected chi connectivity index (χ3v) is 4.34. The third kappa shape index (κ3) is 3.35. The second kappa shape index (κ2) is 7.36. The Kier molecular flexibility index (Phi) is 4.59. The number of nitrogens with one attached hydrogen (secondary N) is 2. The van der Waals surface area contributed by atoms with E-state index in [2.05, 4.69) is 26.0 Å². The maximum atomic E-state index is 12.6. The molecule has 0 unspecified atom stereocenters. The molecule has 1 aromatic carbocycles. The predicted octanol–water partition coefficient (Wildman–Crippen LogP) is 3.30. The van der Waals surface area contributed by atoms with Crippen LogP contribution < -0.4 is 10.9 Å². The van der Waals surface area contributed by atoms with Gasteiger partial charge in [-0.05, 0) is 44.2 Å². The maximum absolute atomic E-state index is 12.6. The van der Waals surface area contributed by atoms with Crippen molar-refractivity contribution in [3.63, 3.8) is 0 Å². The number of benzene rings is 1. The summed E-state index contributed by atoms with van der Waals surface area (Å²) in [6.45, 7) is 3.87. The highest BCUT2D eigenvalue weighted by molar-refractivity contribution is 5.96. The van der Waals surface area contributed by atoms with Crippen molar-refractivity contribution < 1.29 is 9.32 Å². The first-order valence-electron chi connectivity index (χ1n) is 8.68. The molecule has 2 N–H and O–H groups in total. The van der Waals surface area contributed by atoms with Gasteiger partial charge in [-0.1, -0.05) is 23.4 Å². The summed E-state index contributed by atoms with van der Waals surface area (Å²) in [5.74, 6) is 0.111. The number of hydrogen-bond acceptors (Lipinski definition) is 6. The molecule has 3 aromatic heterocycles. The van der Waals surface area contributed by atoms with Crippen LogP contribution >= 0.6 is 0 Å². The number of carbonyl (C=O) groups excluding carboxylic acids is 1. The molecule has 0 aliphatic carbocycles. The second-order valence-corrected chi connectivity index (χ2v) is 6.19. The van der Waals surface area contributed by atoms with Crippen molar-refractivity contribution in [2.24, 2.45) is 0 Å². The molecule has 0 spiro atoms. The number of hydrazine groups is 1. The smallest absolute Gasteiger partial charge is 0.318 e. The summed E-state index contributed by atoms with van der Waals surface area (Å²) in [6.07, 6.45) is 3.28. The molecule has 3 heterocycles. The summed E-state index contributed by atoms with van der Waals surface area (Å²) >= 11 is 0. The number of aryl methyl sites for hydroxylation is 1. The van der Waals surface area contributed by atoms with Gasteiger partial charge in [-0.2, -0.15) is 4.98 Å². The van der Waals surface area contributed by atoms with Crippen LogP contribution in [-0.2, 0) is 0 Å². The van der Waals surface area contributed by atoms with Crippen LogP contribution in [0.15, 0.2) is 65.4 Å². The summed E-state index contributed by atoms with van der Waals surface area (Å²) < 4.78 is 7.15. The van der Waals surface area contributed by atoms with Crippen molar-refractivity contribution in [2.45, 2.75) is 13.8 Å². The number of aromatic nitrogens is 4. The largest absolute Gasteiger partial charge is 0.340 e. The Morgan fingerprint density at radius 1 is 1.07 bits per heavy atom. The van der Waals surface area contributed by atoms with Gasteiger partial charge >= 0.3 is 6.01 Å². The summed E-state index contributed by atoms with van der Waals surface area (Å²) in [4.78, 5) is 20.8. The van der Waals surface area contributed by atoms with Gasteiger partial charge < -0.3 is 9.09 Å². The molecule has 0 radical (unpaired) electrons. The van der Waals surface area contributed by atoms with Gasteiger partial charge in [0.15, 0.2) is 0 Å². The Labute approximate surface area is 161 Å². The zero-order valence-electron chi connectivity index (χ0n) is 15.4. The van der Waals surface area contributed by atoms with E-state index in [-0.39, 0.29) is 11.9 Å².